The van der Waals surface area contributed by atoms with Gasteiger partial charge in [0.1, 0.15) is 0 Å². The number of nitrogens with zero attached hydrogens (tertiary/aromatic N) is 5. The van der Waals surface area contributed by atoms with Crippen molar-refractivity contribution in [1.82, 2.24) is 19.1 Å². The number of hydrogen-bond donors (Lipinski definition) is 0. The monoisotopic (exact) mass is 421 g/mol. The number of aromatic nitrogens is 3. The van der Waals surface area contributed by atoms with Crippen molar-refractivity contribution < 1.29 is 13.2 Å². The summed E-state index contributed by atoms with van der Waals surface area (Å²) in [7, 11) is -0.455. The van der Waals surface area contributed by atoms with E-state index in [0.717, 1.165) is 37.6 Å². The van der Waals surface area contributed by atoms with Gasteiger partial charge in [-0.2, -0.15) is 0 Å². The molecule has 2 aromatic rings. The molecule has 0 amide bonds. The normalized spacial score (nSPS) is 18.0. The molecule has 9 heteroatoms. The van der Waals surface area contributed by atoms with Crippen LogP contribution in [-0.2, 0) is 21.3 Å². The Hall–Kier alpha value is -1.97. The molecule has 3 rings (SSSR count). The first-order valence-corrected chi connectivity index (χ1v) is 11.5. The van der Waals surface area contributed by atoms with Gasteiger partial charge in [0.25, 0.3) is 0 Å². The minimum absolute atomic E-state index is 0.185. The Balaban J connectivity index is 2.03. The molecule has 0 spiro atoms. The van der Waals surface area contributed by atoms with Crippen molar-refractivity contribution in [3.05, 3.63) is 24.3 Å². The summed E-state index contributed by atoms with van der Waals surface area (Å²) in [4.78, 5) is 2.47. The highest BCUT2D eigenvalue weighted by molar-refractivity contribution is 7.89. The van der Waals surface area contributed by atoms with Crippen LogP contribution < -0.4 is 4.90 Å². The summed E-state index contributed by atoms with van der Waals surface area (Å²) in [6.45, 7) is 9.37. The molecule has 0 bridgehead atoms. The third-order valence-electron chi connectivity index (χ3n) is 5.03. The lowest BCUT2D eigenvalue weighted by atomic mass is 10.2. The summed E-state index contributed by atoms with van der Waals surface area (Å²) >= 11 is 0. The van der Waals surface area contributed by atoms with Gasteiger partial charge in [0.05, 0.1) is 17.6 Å². The number of sulfonamides is 1. The van der Waals surface area contributed by atoms with Crippen molar-refractivity contribution >= 4 is 16.0 Å². The molecule has 160 valence electrons. The molecule has 0 N–H and O–H groups in total. The lowest BCUT2D eigenvalue weighted by Crippen LogP contribution is -2.43. The van der Waals surface area contributed by atoms with Crippen molar-refractivity contribution in [2.24, 2.45) is 5.92 Å². The lowest BCUT2D eigenvalue weighted by Gasteiger charge is -2.33. The van der Waals surface area contributed by atoms with E-state index < -0.39 is 10.0 Å². The molecule has 1 saturated heterocycles. The van der Waals surface area contributed by atoms with Crippen molar-refractivity contribution in [2.75, 3.05) is 38.7 Å². The fourth-order valence-electron chi connectivity index (χ4n) is 3.43. The van der Waals surface area contributed by atoms with Crippen LogP contribution in [0.5, 0.6) is 0 Å². The first-order valence-electron chi connectivity index (χ1n) is 10.1. The molecule has 29 heavy (non-hydrogen) atoms. The van der Waals surface area contributed by atoms with Crippen LogP contribution in [0.3, 0.4) is 0 Å². The molecule has 1 aromatic heterocycles. The Morgan fingerprint density at radius 3 is 2.69 bits per heavy atom. The van der Waals surface area contributed by atoms with E-state index in [9.17, 15) is 8.42 Å². The predicted octanol–water partition coefficient (Wildman–Crippen LogP) is 2.47. The molecule has 0 saturated carbocycles. The molecule has 0 radical (unpaired) electrons. The van der Waals surface area contributed by atoms with E-state index in [0.29, 0.717) is 18.3 Å². The molecular formula is C20H31N5O3S. The molecule has 1 fully saturated rings. The summed E-state index contributed by atoms with van der Waals surface area (Å²) in [6, 6.07) is 6.92. The van der Waals surface area contributed by atoms with Crippen LogP contribution in [0.15, 0.2) is 29.2 Å². The van der Waals surface area contributed by atoms with Gasteiger partial charge >= 0.3 is 0 Å². The summed E-state index contributed by atoms with van der Waals surface area (Å²) in [5.74, 6) is 1.89. The highest BCUT2D eigenvalue weighted by atomic mass is 32.2. The van der Waals surface area contributed by atoms with Crippen LogP contribution in [0.1, 0.15) is 27.2 Å². The van der Waals surface area contributed by atoms with Gasteiger partial charge < -0.3 is 9.64 Å². The standard InChI is InChI=1S/C20H31N5O3S/c1-6-17-14-24(10-11-28-17)20-22-21-19(25(20)13-15(2)3)16-8-7-9-18(12-16)29(26,27)23(4)5/h7-9,12,15,17H,6,10-11,13-14H2,1-5H3/t17-/m1/s1. The van der Waals surface area contributed by atoms with E-state index >= 15 is 0 Å². The number of rotatable bonds is 7. The molecule has 0 unspecified atom stereocenters. The van der Waals surface area contributed by atoms with Gasteiger partial charge in [-0.15, -0.1) is 10.2 Å². The predicted molar refractivity (Wildman–Crippen MR) is 113 cm³/mol. The molecule has 1 atom stereocenters. The van der Waals surface area contributed by atoms with Crippen LogP contribution in [0.2, 0.25) is 0 Å². The Morgan fingerprint density at radius 2 is 2.03 bits per heavy atom. The van der Waals surface area contributed by atoms with Gasteiger partial charge in [0.2, 0.25) is 16.0 Å². The molecule has 1 aromatic carbocycles. The Kier molecular flexibility index (Phi) is 6.60. The highest BCUT2D eigenvalue weighted by Gasteiger charge is 2.26. The van der Waals surface area contributed by atoms with Crippen LogP contribution in [0, 0.1) is 5.92 Å². The Bertz CT molecular complexity index is 939. The first kappa shape index (κ1) is 21.7. The molecule has 1 aliphatic rings. The zero-order valence-electron chi connectivity index (χ0n) is 17.9. The zero-order chi connectivity index (χ0) is 21.2. The van der Waals surface area contributed by atoms with Crippen LogP contribution in [-0.4, -0.2) is 67.4 Å². The third kappa shape index (κ3) is 4.62. The van der Waals surface area contributed by atoms with Crippen molar-refractivity contribution in [3.8, 4) is 11.4 Å². The number of morpholine rings is 1. The lowest BCUT2D eigenvalue weighted by molar-refractivity contribution is 0.0376. The zero-order valence-corrected chi connectivity index (χ0v) is 18.7. The summed E-state index contributed by atoms with van der Waals surface area (Å²) in [5, 5.41) is 8.94. The fourth-order valence-corrected chi connectivity index (χ4v) is 4.38. The van der Waals surface area contributed by atoms with Gasteiger partial charge in [-0.25, -0.2) is 12.7 Å². The maximum absolute atomic E-state index is 12.6. The maximum Gasteiger partial charge on any atom is 0.242 e. The highest BCUT2D eigenvalue weighted by Crippen LogP contribution is 2.27. The quantitative estimate of drug-likeness (QED) is 0.683. The fraction of sp³-hybridized carbons (Fsp3) is 0.600. The van der Waals surface area contributed by atoms with Gasteiger partial charge in [-0.05, 0) is 24.5 Å². The number of anilines is 1. The average molecular weight is 422 g/mol. The minimum atomic E-state index is -3.52. The van der Waals surface area contributed by atoms with Crippen molar-refractivity contribution in [2.45, 2.75) is 44.7 Å². The summed E-state index contributed by atoms with van der Waals surface area (Å²) in [6.07, 6.45) is 1.14. The number of ether oxygens (including phenoxy) is 1. The van der Waals surface area contributed by atoms with Crippen molar-refractivity contribution in [3.63, 3.8) is 0 Å². The molecule has 0 aliphatic carbocycles. The SMILES string of the molecule is CC[C@@H]1CN(c2nnc(-c3cccc(S(=O)(=O)N(C)C)c3)n2CC(C)C)CCO1. The maximum atomic E-state index is 12.6. The van der Waals surface area contributed by atoms with Crippen LogP contribution in [0.4, 0.5) is 5.95 Å². The van der Waals surface area contributed by atoms with Gasteiger partial charge in [-0.3, -0.25) is 4.57 Å². The van der Waals surface area contributed by atoms with E-state index in [-0.39, 0.29) is 11.0 Å². The summed E-state index contributed by atoms with van der Waals surface area (Å²) in [5.41, 5.74) is 0.743. The van der Waals surface area contributed by atoms with E-state index in [4.69, 9.17) is 4.74 Å². The largest absolute Gasteiger partial charge is 0.375 e. The molecular weight excluding hydrogens is 390 g/mol. The number of hydrogen-bond acceptors (Lipinski definition) is 6. The minimum Gasteiger partial charge on any atom is -0.375 e. The molecule has 1 aliphatic heterocycles. The van der Waals surface area contributed by atoms with Gasteiger partial charge in [0.15, 0.2) is 5.82 Å². The van der Waals surface area contributed by atoms with Crippen molar-refractivity contribution in [1.29, 1.82) is 0 Å². The van der Waals surface area contributed by atoms with Crippen LogP contribution in [0.25, 0.3) is 11.4 Å². The second-order valence-electron chi connectivity index (χ2n) is 7.99. The Morgan fingerprint density at radius 1 is 1.28 bits per heavy atom. The molecule has 2 heterocycles. The molecule has 8 nitrogen and oxygen atoms in total. The van der Waals surface area contributed by atoms with Gasteiger partial charge in [0, 0.05) is 39.3 Å². The Labute approximate surface area is 173 Å². The second-order valence-corrected chi connectivity index (χ2v) is 10.1. The smallest absolute Gasteiger partial charge is 0.242 e. The van der Waals surface area contributed by atoms with E-state index in [1.165, 1.54) is 18.4 Å². The number of benzene rings is 1. The van der Waals surface area contributed by atoms with E-state index in [1.807, 2.05) is 6.07 Å². The van der Waals surface area contributed by atoms with E-state index in [2.05, 4.69) is 40.4 Å². The van der Waals surface area contributed by atoms with Gasteiger partial charge in [-0.1, -0.05) is 32.9 Å². The third-order valence-corrected chi connectivity index (χ3v) is 6.84. The van der Waals surface area contributed by atoms with E-state index in [1.54, 1.807) is 18.2 Å². The topological polar surface area (TPSA) is 80.6 Å². The first-order chi connectivity index (χ1) is 13.7. The average Bonchev–Trinajstić information content (AvgIpc) is 3.10. The second kappa shape index (κ2) is 8.81. The van der Waals surface area contributed by atoms with Crippen LogP contribution >= 0.6 is 0 Å². The summed E-state index contributed by atoms with van der Waals surface area (Å²) < 4.78 is 34.2.